The highest BCUT2D eigenvalue weighted by Gasteiger charge is 2.30. The van der Waals surface area contributed by atoms with Gasteiger partial charge < -0.3 is 15.0 Å². The van der Waals surface area contributed by atoms with Crippen LogP contribution in [0.25, 0.3) is 22.2 Å². The van der Waals surface area contributed by atoms with E-state index in [4.69, 9.17) is 4.74 Å². The lowest BCUT2D eigenvalue weighted by Gasteiger charge is -2.43. The third-order valence-electron chi connectivity index (χ3n) is 8.95. The molecule has 3 aliphatic rings. The normalized spacial score (nSPS) is 19.6. The van der Waals surface area contributed by atoms with E-state index in [-0.39, 0.29) is 11.9 Å². The highest BCUT2D eigenvalue weighted by Crippen LogP contribution is 2.35. The van der Waals surface area contributed by atoms with Gasteiger partial charge in [-0.2, -0.15) is 5.10 Å². The molecular weight excluding hydrogens is 500 g/mol. The average molecular weight is 537 g/mol. The summed E-state index contributed by atoms with van der Waals surface area (Å²) < 4.78 is 5.37. The van der Waals surface area contributed by atoms with Crippen molar-refractivity contribution in [2.75, 3.05) is 44.3 Å². The third-order valence-corrected chi connectivity index (χ3v) is 8.95. The number of amides is 1. The van der Waals surface area contributed by atoms with Crippen LogP contribution in [-0.4, -0.2) is 71.4 Å². The topological polar surface area (TPSA) is 86.4 Å². The van der Waals surface area contributed by atoms with Crippen LogP contribution in [0.4, 0.5) is 5.69 Å². The molecule has 1 amide bonds. The fourth-order valence-corrected chi connectivity index (χ4v) is 6.49. The molecule has 206 valence electrons. The Kier molecular flexibility index (Phi) is 6.95. The molecule has 2 saturated heterocycles. The number of aromatic nitrogens is 3. The fourth-order valence-electron chi connectivity index (χ4n) is 6.49. The van der Waals surface area contributed by atoms with Crippen LogP contribution in [0.15, 0.2) is 66.9 Å². The maximum Gasteiger partial charge on any atom is 0.251 e. The molecule has 4 heterocycles. The summed E-state index contributed by atoms with van der Waals surface area (Å²) in [5, 5.41) is 12.0. The van der Waals surface area contributed by atoms with Gasteiger partial charge in [0.2, 0.25) is 0 Å². The van der Waals surface area contributed by atoms with Gasteiger partial charge in [-0.05, 0) is 61.2 Å². The van der Waals surface area contributed by atoms with Gasteiger partial charge in [-0.1, -0.05) is 31.0 Å². The molecule has 2 aliphatic heterocycles. The second-order valence-corrected chi connectivity index (χ2v) is 11.3. The molecule has 2 aromatic carbocycles. The Morgan fingerprint density at radius 3 is 2.48 bits per heavy atom. The van der Waals surface area contributed by atoms with Crippen molar-refractivity contribution in [3.63, 3.8) is 0 Å². The molecule has 40 heavy (non-hydrogen) atoms. The molecule has 8 heteroatoms. The summed E-state index contributed by atoms with van der Waals surface area (Å²) in [5.41, 5.74) is 5.63. The van der Waals surface area contributed by atoms with E-state index < -0.39 is 0 Å². The first-order chi connectivity index (χ1) is 19.7. The lowest BCUT2D eigenvalue weighted by molar-refractivity contribution is -0.0660. The number of nitrogens with one attached hydrogen (secondary N) is 2. The molecule has 1 aliphatic carbocycles. The van der Waals surface area contributed by atoms with Gasteiger partial charge >= 0.3 is 0 Å². The maximum atomic E-state index is 13.5. The number of nitrogens with zero attached hydrogens (tertiary/aromatic N) is 4. The fraction of sp³-hybridized carbons (Fsp3) is 0.406. The molecule has 0 spiro atoms. The quantitative estimate of drug-likeness (QED) is 0.353. The number of hydrogen-bond donors (Lipinski definition) is 2. The smallest absolute Gasteiger partial charge is 0.251 e. The molecule has 2 N–H and O–H groups in total. The van der Waals surface area contributed by atoms with Crippen LogP contribution < -0.4 is 10.2 Å². The minimum absolute atomic E-state index is 0.0699. The van der Waals surface area contributed by atoms with Crippen molar-refractivity contribution in [1.82, 2.24) is 25.4 Å². The van der Waals surface area contributed by atoms with Crippen LogP contribution in [0.1, 0.15) is 47.8 Å². The van der Waals surface area contributed by atoms with Gasteiger partial charge in [-0.25, -0.2) is 0 Å². The largest absolute Gasteiger partial charge is 0.378 e. The number of ether oxygens (including phenoxy) is 1. The van der Waals surface area contributed by atoms with E-state index in [0.29, 0.717) is 17.5 Å². The predicted octanol–water partition coefficient (Wildman–Crippen LogP) is 4.81. The number of anilines is 1. The second-order valence-electron chi connectivity index (χ2n) is 11.3. The molecule has 0 radical (unpaired) electrons. The van der Waals surface area contributed by atoms with Crippen molar-refractivity contribution >= 4 is 22.5 Å². The van der Waals surface area contributed by atoms with E-state index in [0.717, 1.165) is 80.1 Å². The van der Waals surface area contributed by atoms with E-state index in [1.807, 2.05) is 42.6 Å². The van der Waals surface area contributed by atoms with Crippen LogP contribution in [-0.2, 0) is 4.74 Å². The van der Waals surface area contributed by atoms with Crippen molar-refractivity contribution in [1.29, 1.82) is 0 Å². The lowest BCUT2D eigenvalue weighted by Crippen LogP contribution is -2.56. The Bertz CT molecular complexity index is 1450. The second kappa shape index (κ2) is 11.0. The first-order valence-electron chi connectivity index (χ1n) is 14.6. The molecular formula is C32H36N6O2. The molecule has 7 rings (SSSR count). The number of piperazine rings is 1. The molecule has 4 aromatic rings. The van der Waals surface area contributed by atoms with Gasteiger partial charge in [-0.3, -0.25) is 19.8 Å². The van der Waals surface area contributed by atoms with Crippen molar-refractivity contribution in [3.8, 4) is 11.3 Å². The zero-order chi connectivity index (χ0) is 26.9. The minimum Gasteiger partial charge on any atom is -0.378 e. The highest BCUT2D eigenvalue weighted by atomic mass is 16.5. The number of benzene rings is 2. The van der Waals surface area contributed by atoms with E-state index >= 15 is 0 Å². The van der Waals surface area contributed by atoms with Gasteiger partial charge in [0.05, 0.1) is 42.2 Å². The molecule has 1 atom stereocenters. The van der Waals surface area contributed by atoms with Gasteiger partial charge in [0.15, 0.2) is 0 Å². The molecule has 3 fully saturated rings. The molecule has 1 saturated carbocycles. The summed E-state index contributed by atoms with van der Waals surface area (Å²) in [6.07, 6.45) is 6.46. The average Bonchev–Trinajstić information content (AvgIpc) is 3.66. The van der Waals surface area contributed by atoms with Crippen molar-refractivity contribution in [2.24, 2.45) is 5.92 Å². The number of aromatic amines is 1. The lowest BCUT2D eigenvalue weighted by atomic mass is 9.94. The van der Waals surface area contributed by atoms with E-state index in [9.17, 15) is 4.79 Å². The Morgan fingerprint density at radius 2 is 1.77 bits per heavy atom. The monoisotopic (exact) mass is 536 g/mol. The van der Waals surface area contributed by atoms with E-state index in [1.54, 1.807) is 0 Å². The summed E-state index contributed by atoms with van der Waals surface area (Å²) in [6.45, 7) is 5.96. The molecule has 0 bridgehead atoms. The summed E-state index contributed by atoms with van der Waals surface area (Å²) in [7, 11) is 0. The standard InChI is InChI=1S/C32H36N6O2/c39-32(34-31(22-5-1-2-6-22)29-7-3-4-14-33-29)24-10-13-28-27(19-24)30(36-35-28)23-8-11-25(12-9-23)37-15-17-38(18-16-37)26-20-40-21-26/h3-4,7-14,19,22,26,31H,1-2,5-6,15-18,20-21H2,(H,34,39)(H,35,36)/t31-/m0/s1. The maximum absolute atomic E-state index is 13.5. The Morgan fingerprint density at radius 1 is 0.975 bits per heavy atom. The number of carbonyl (C=O) groups excluding carboxylic acids is 1. The van der Waals surface area contributed by atoms with Gasteiger partial charge in [0.1, 0.15) is 0 Å². The summed E-state index contributed by atoms with van der Waals surface area (Å²) in [4.78, 5) is 23.1. The zero-order valence-electron chi connectivity index (χ0n) is 22.8. The SMILES string of the molecule is O=C(N[C@H](c1ccccn1)C1CCCC1)c1ccc2[nH]nc(-c3ccc(N4CCN(C5COC5)CC4)cc3)c2c1. The summed E-state index contributed by atoms with van der Waals surface area (Å²) in [6, 6.07) is 20.9. The number of H-pyrrole nitrogens is 1. The first kappa shape index (κ1) is 25.2. The number of hydrogen-bond acceptors (Lipinski definition) is 6. The highest BCUT2D eigenvalue weighted by molar-refractivity contribution is 6.01. The van der Waals surface area contributed by atoms with Crippen LogP contribution in [0.2, 0.25) is 0 Å². The summed E-state index contributed by atoms with van der Waals surface area (Å²) >= 11 is 0. The van der Waals surface area contributed by atoms with Crippen molar-refractivity contribution in [3.05, 3.63) is 78.1 Å². The molecule has 8 nitrogen and oxygen atoms in total. The Labute approximate surface area is 234 Å². The van der Waals surface area contributed by atoms with Crippen molar-refractivity contribution in [2.45, 2.75) is 37.8 Å². The minimum atomic E-state index is -0.0767. The molecule has 0 unspecified atom stereocenters. The van der Waals surface area contributed by atoms with Gasteiger partial charge in [0.25, 0.3) is 5.91 Å². The Hall–Kier alpha value is -3.75. The Balaban J connectivity index is 1.08. The number of pyridine rings is 1. The number of rotatable bonds is 7. The van der Waals surface area contributed by atoms with Crippen molar-refractivity contribution < 1.29 is 9.53 Å². The van der Waals surface area contributed by atoms with Gasteiger partial charge in [-0.15, -0.1) is 0 Å². The summed E-state index contributed by atoms with van der Waals surface area (Å²) in [5.74, 6) is 0.348. The predicted molar refractivity (Wildman–Crippen MR) is 156 cm³/mol. The van der Waals surface area contributed by atoms with Gasteiger partial charge in [0, 0.05) is 54.6 Å². The number of fused-ring (bicyclic) bond motifs is 1. The van der Waals surface area contributed by atoms with E-state index in [1.165, 1.54) is 18.5 Å². The van der Waals surface area contributed by atoms with Crippen LogP contribution in [0.5, 0.6) is 0 Å². The third kappa shape index (κ3) is 4.97. The molecule has 2 aromatic heterocycles. The zero-order valence-corrected chi connectivity index (χ0v) is 22.8. The van der Waals surface area contributed by atoms with Crippen LogP contribution >= 0.6 is 0 Å². The van der Waals surface area contributed by atoms with E-state index in [2.05, 4.69) is 54.6 Å². The first-order valence-corrected chi connectivity index (χ1v) is 14.6. The number of carbonyl (C=O) groups is 1. The van der Waals surface area contributed by atoms with Crippen LogP contribution in [0.3, 0.4) is 0 Å². The van der Waals surface area contributed by atoms with Crippen LogP contribution in [0, 0.1) is 5.92 Å².